The summed E-state index contributed by atoms with van der Waals surface area (Å²) >= 11 is 3.78. The molecule has 0 N–H and O–H groups in total. The van der Waals surface area contributed by atoms with Gasteiger partial charge < -0.3 is 0 Å². The second-order valence-corrected chi connectivity index (χ2v) is 6.05. The number of benzene rings is 1. The number of hydrogen-bond acceptors (Lipinski definition) is 2. The predicted molar refractivity (Wildman–Crippen MR) is 66.5 cm³/mol. The van der Waals surface area contributed by atoms with Crippen molar-refractivity contribution in [2.24, 2.45) is 0 Å². The highest BCUT2D eigenvalue weighted by molar-refractivity contribution is 8.18. The van der Waals surface area contributed by atoms with Gasteiger partial charge in [0.15, 0.2) is 0 Å². The highest BCUT2D eigenvalue weighted by atomic mass is 32.2. The summed E-state index contributed by atoms with van der Waals surface area (Å²) in [6.45, 7) is 0. The number of terminal acetylenes is 1. The minimum Gasteiger partial charge on any atom is -0.127 e. The Hall–Kier alpha value is -0.520. The molecule has 0 radical (unpaired) electrons. The van der Waals surface area contributed by atoms with E-state index in [-0.39, 0.29) is 4.08 Å². The molecule has 0 bridgehead atoms. The third-order valence-electron chi connectivity index (χ3n) is 2.24. The van der Waals surface area contributed by atoms with Gasteiger partial charge in [0.2, 0.25) is 0 Å². The Morgan fingerprint density at radius 3 is 2.36 bits per heavy atom. The molecule has 1 heterocycles. The van der Waals surface area contributed by atoms with Crippen LogP contribution < -0.4 is 0 Å². The Bertz CT molecular complexity index is 331. The zero-order chi connectivity index (χ0) is 9.86. The van der Waals surface area contributed by atoms with E-state index in [1.54, 1.807) is 0 Å². The molecule has 1 aromatic rings. The van der Waals surface area contributed by atoms with E-state index in [1.165, 1.54) is 23.5 Å². The van der Waals surface area contributed by atoms with Gasteiger partial charge in [-0.05, 0) is 23.5 Å². The molecule has 1 aromatic carbocycles. The first-order chi connectivity index (χ1) is 6.87. The Morgan fingerprint density at radius 1 is 1.14 bits per heavy atom. The van der Waals surface area contributed by atoms with Crippen LogP contribution in [0.3, 0.4) is 0 Å². The minimum atomic E-state index is -0.125. The Balaban J connectivity index is 2.33. The third-order valence-corrected chi connectivity index (χ3v) is 5.46. The maximum atomic E-state index is 5.68. The van der Waals surface area contributed by atoms with Gasteiger partial charge in [0.1, 0.15) is 4.08 Å². The van der Waals surface area contributed by atoms with Gasteiger partial charge in [0, 0.05) is 0 Å². The lowest BCUT2D eigenvalue weighted by Crippen LogP contribution is -2.20. The number of rotatable bonds is 1. The fourth-order valence-electron chi connectivity index (χ4n) is 1.52. The van der Waals surface area contributed by atoms with Crippen LogP contribution in [-0.2, 0) is 4.08 Å². The maximum absolute atomic E-state index is 5.68. The van der Waals surface area contributed by atoms with Crippen LogP contribution >= 0.6 is 23.5 Å². The zero-order valence-electron chi connectivity index (χ0n) is 7.90. The SMILES string of the molecule is C#CC1(c2ccccc2)SCCCS1. The third kappa shape index (κ3) is 1.80. The Kier molecular flexibility index (Phi) is 3.10. The molecule has 0 saturated carbocycles. The van der Waals surface area contributed by atoms with Crippen LogP contribution in [0.25, 0.3) is 0 Å². The van der Waals surface area contributed by atoms with E-state index in [4.69, 9.17) is 6.42 Å². The molecule has 14 heavy (non-hydrogen) atoms. The average Bonchev–Trinajstić information content (AvgIpc) is 2.31. The van der Waals surface area contributed by atoms with Crippen LogP contribution in [-0.4, -0.2) is 11.5 Å². The van der Waals surface area contributed by atoms with Crippen LogP contribution in [0.2, 0.25) is 0 Å². The van der Waals surface area contributed by atoms with Crippen molar-refractivity contribution in [1.29, 1.82) is 0 Å². The topological polar surface area (TPSA) is 0 Å². The Morgan fingerprint density at radius 2 is 1.79 bits per heavy atom. The number of hydrogen-bond donors (Lipinski definition) is 0. The summed E-state index contributed by atoms with van der Waals surface area (Å²) in [5.74, 6) is 5.31. The van der Waals surface area contributed by atoms with Crippen molar-refractivity contribution < 1.29 is 0 Å². The molecule has 0 spiro atoms. The molecular formula is C12H12S2. The minimum absolute atomic E-state index is 0.125. The zero-order valence-corrected chi connectivity index (χ0v) is 9.53. The van der Waals surface area contributed by atoms with Gasteiger partial charge in [-0.15, -0.1) is 29.9 Å². The van der Waals surface area contributed by atoms with E-state index in [2.05, 4.69) is 30.2 Å². The summed E-state index contributed by atoms with van der Waals surface area (Å²) in [5.41, 5.74) is 1.26. The summed E-state index contributed by atoms with van der Waals surface area (Å²) < 4.78 is -0.125. The van der Waals surface area contributed by atoms with Gasteiger partial charge in [0.05, 0.1) is 0 Å². The van der Waals surface area contributed by atoms with Gasteiger partial charge >= 0.3 is 0 Å². The van der Waals surface area contributed by atoms with Crippen LogP contribution in [0.5, 0.6) is 0 Å². The summed E-state index contributed by atoms with van der Waals surface area (Å²) in [4.78, 5) is 0. The molecule has 1 aliphatic rings. The van der Waals surface area contributed by atoms with E-state index in [0.717, 1.165) is 0 Å². The summed E-state index contributed by atoms with van der Waals surface area (Å²) in [6, 6.07) is 10.4. The molecule has 1 fully saturated rings. The van der Waals surface area contributed by atoms with Gasteiger partial charge in [0.25, 0.3) is 0 Å². The highest BCUT2D eigenvalue weighted by Gasteiger charge is 2.33. The summed E-state index contributed by atoms with van der Waals surface area (Å²) in [5, 5.41) is 0. The monoisotopic (exact) mass is 220 g/mol. The smallest absolute Gasteiger partial charge is 0.127 e. The van der Waals surface area contributed by atoms with Crippen LogP contribution in [0.4, 0.5) is 0 Å². The van der Waals surface area contributed by atoms with Crippen molar-refractivity contribution in [3.8, 4) is 12.3 Å². The molecule has 2 heteroatoms. The summed E-state index contributed by atoms with van der Waals surface area (Å²) in [6.07, 6.45) is 6.95. The van der Waals surface area contributed by atoms with Crippen molar-refractivity contribution in [3.05, 3.63) is 35.9 Å². The highest BCUT2D eigenvalue weighted by Crippen LogP contribution is 2.49. The van der Waals surface area contributed by atoms with Crippen molar-refractivity contribution in [3.63, 3.8) is 0 Å². The fraction of sp³-hybridized carbons (Fsp3) is 0.333. The molecule has 1 aliphatic heterocycles. The van der Waals surface area contributed by atoms with Crippen molar-refractivity contribution in [2.45, 2.75) is 10.5 Å². The molecular weight excluding hydrogens is 208 g/mol. The van der Waals surface area contributed by atoms with E-state index in [0.29, 0.717) is 0 Å². The normalized spacial score (nSPS) is 19.9. The molecule has 0 aliphatic carbocycles. The van der Waals surface area contributed by atoms with E-state index in [1.807, 2.05) is 29.6 Å². The molecule has 0 unspecified atom stereocenters. The molecule has 2 rings (SSSR count). The first-order valence-corrected chi connectivity index (χ1v) is 6.66. The number of thioether (sulfide) groups is 2. The van der Waals surface area contributed by atoms with Gasteiger partial charge in [-0.2, -0.15) is 0 Å². The lowest BCUT2D eigenvalue weighted by atomic mass is 10.1. The molecule has 72 valence electrons. The molecule has 0 aromatic heterocycles. The van der Waals surface area contributed by atoms with E-state index < -0.39 is 0 Å². The van der Waals surface area contributed by atoms with Crippen molar-refractivity contribution in [1.82, 2.24) is 0 Å². The first-order valence-electron chi connectivity index (χ1n) is 4.68. The van der Waals surface area contributed by atoms with E-state index >= 15 is 0 Å². The maximum Gasteiger partial charge on any atom is 0.147 e. The van der Waals surface area contributed by atoms with Crippen LogP contribution in [0.1, 0.15) is 12.0 Å². The Labute approximate surface area is 93.9 Å². The van der Waals surface area contributed by atoms with Crippen molar-refractivity contribution >= 4 is 23.5 Å². The largest absolute Gasteiger partial charge is 0.147 e. The summed E-state index contributed by atoms with van der Waals surface area (Å²) in [7, 11) is 0. The standard InChI is InChI=1S/C12H12S2/c1-2-12(13-9-6-10-14-12)11-7-4-3-5-8-11/h1,3-5,7-8H,6,9-10H2. The van der Waals surface area contributed by atoms with Crippen molar-refractivity contribution in [2.75, 3.05) is 11.5 Å². The second kappa shape index (κ2) is 4.33. The van der Waals surface area contributed by atoms with E-state index in [9.17, 15) is 0 Å². The molecule has 1 saturated heterocycles. The quantitative estimate of drug-likeness (QED) is 0.666. The second-order valence-electron chi connectivity index (χ2n) is 3.18. The molecule has 0 amide bonds. The lowest BCUT2D eigenvalue weighted by Gasteiger charge is -2.31. The van der Waals surface area contributed by atoms with Crippen LogP contribution in [0.15, 0.2) is 30.3 Å². The first kappa shape index (κ1) is 10.0. The van der Waals surface area contributed by atoms with Crippen LogP contribution in [0, 0.1) is 12.3 Å². The molecule has 0 nitrogen and oxygen atoms in total. The predicted octanol–water partition coefficient (Wildman–Crippen LogP) is 3.34. The molecule has 0 atom stereocenters. The van der Waals surface area contributed by atoms with Gasteiger partial charge in [-0.25, -0.2) is 0 Å². The van der Waals surface area contributed by atoms with Gasteiger partial charge in [-0.3, -0.25) is 0 Å². The van der Waals surface area contributed by atoms with Gasteiger partial charge in [-0.1, -0.05) is 36.3 Å². The average molecular weight is 220 g/mol. The lowest BCUT2D eigenvalue weighted by molar-refractivity contribution is 1.05. The fourth-order valence-corrected chi connectivity index (χ4v) is 4.46.